The Morgan fingerprint density at radius 2 is 1.78 bits per heavy atom. The van der Waals surface area contributed by atoms with E-state index in [2.05, 4.69) is 0 Å². The number of aliphatic hydroxyl groups is 2. The molecule has 0 saturated carbocycles. The van der Waals surface area contributed by atoms with Crippen molar-refractivity contribution >= 4 is 6.41 Å². The highest BCUT2D eigenvalue weighted by molar-refractivity contribution is 5.48. The van der Waals surface area contributed by atoms with Crippen LogP contribution in [0.15, 0.2) is 0 Å². The molecule has 9 heavy (non-hydrogen) atoms. The Morgan fingerprint density at radius 3 is 2.00 bits per heavy atom. The minimum absolute atomic E-state index is 0.255. The summed E-state index contributed by atoms with van der Waals surface area (Å²) in [6, 6.07) is 0. The van der Waals surface area contributed by atoms with Crippen LogP contribution in [-0.4, -0.2) is 46.8 Å². The van der Waals surface area contributed by atoms with E-state index in [0.717, 1.165) is 0 Å². The molecular weight excluding hydrogens is 122 g/mol. The number of β-amino-alcohol motifs (C(OH)–C–C–N with tert-alkyl or cyclic N) is 2. The van der Waals surface area contributed by atoms with Gasteiger partial charge in [-0.1, -0.05) is 0 Å². The SMILES string of the molecule is O=CN1C[C@@H](O)[C@H](O)C1. The second kappa shape index (κ2) is 2.33. The predicted molar refractivity (Wildman–Crippen MR) is 29.7 cm³/mol. The first-order chi connectivity index (χ1) is 4.24. The Morgan fingerprint density at radius 1 is 1.33 bits per heavy atom. The zero-order chi connectivity index (χ0) is 6.85. The van der Waals surface area contributed by atoms with Crippen molar-refractivity contribution in [1.82, 2.24) is 4.90 Å². The molecule has 0 bridgehead atoms. The van der Waals surface area contributed by atoms with Crippen LogP contribution in [0.2, 0.25) is 0 Å². The number of rotatable bonds is 1. The Kier molecular flexibility index (Phi) is 1.68. The average molecular weight is 131 g/mol. The monoisotopic (exact) mass is 131 g/mol. The maximum Gasteiger partial charge on any atom is 0.209 e. The molecule has 4 nitrogen and oxygen atoms in total. The van der Waals surface area contributed by atoms with Crippen LogP contribution in [0.25, 0.3) is 0 Å². The quantitative estimate of drug-likeness (QED) is 0.412. The van der Waals surface area contributed by atoms with Crippen LogP contribution in [0.1, 0.15) is 0 Å². The van der Waals surface area contributed by atoms with Crippen LogP contribution in [0.3, 0.4) is 0 Å². The molecule has 2 N–H and O–H groups in total. The summed E-state index contributed by atoms with van der Waals surface area (Å²) in [6.07, 6.45) is -0.884. The lowest BCUT2D eigenvalue weighted by Crippen LogP contribution is -2.22. The summed E-state index contributed by atoms with van der Waals surface area (Å²) in [5.41, 5.74) is 0. The van der Waals surface area contributed by atoms with Crippen molar-refractivity contribution in [3.8, 4) is 0 Å². The van der Waals surface area contributed by atoms with Gasteiger partial charge in [-0.2, -0.15) is 0 Å². The number of carbonyl (C=O) groups is 1. The molecule has 1 heterocycles. The van der Waals surface area contributed by atoms with Crippen LogP contribution >= 0.6 is 0 Å². The summed E-state index contributed by atoms with van der Waals surface area (Å²) in [5, 5.41) is 17.7. The van der Waals surface area contributed by atoms with Gasteiger partial charge in [0.1, 0.15) is 0 Å². The predicted octanol–water partition coefficient (Wildman–Crippen LogP) is -1.82. The molecule has 0 spiro atoms. The molecular formula is C5H9NO3. The standard InChI is InChI=1S/C5H9NO3/c7-3-6-1-4(8)5(9)2-6/h3-5,8-9H,1-2H2/t4-,5-/m1/s1. The van der Waals surface area contributed by atoms with E-state index in [1.54, 1.807) is 0 Å². The fourth-order valence-corrected chi connectivity index (χ4v) is 0.884. The molecule has 1 aliphatic rings. The highest BCUT2D eigenvalue weighted by Crippen LogP contribution is 2.06. The first-order valence-electron chi connectivity index (χ1n) is 2.79. The highest BCUT2D eigenvalue weighted by Gasteiger charge is 2.27. The largest absolute Gasteiger partial charge is 0.389 e. The molecule has 0 radical (unpaired) electrons. The lowest BCUT2D eigenvalue weighted by atomic mass is 10.3. The molecule has 0 unspecified atom stereocenters. The summed E-state index contributed by atoms with van der Waals surface area (Å²) in [6.45, 7) is 0.509. The van der Waals surface area contributed by atoms with Gasteiger partial charge in [-0.25, -0.2) is 0 Å². The Balaban J connectivity index is 2.43. The first kappa shape index (κ1) is 6.51. The maximum atomic E-state index is 10.0. The van der Waals surface area contributed by atoms with Gasteiger partial charge in [0.15, 0.2) is 0 Å². The van der Waals surface area contributed by atoms with Gasteiger partial charge in [-0.05, 0) is 0 Å². The molecule has 1 amide bonds. The van der Waals surface area contributed by atoms with Gasteiger partial charge in [0.05, 0.1) is 12.2 Å². The summed E-state index contributed by atoms with van der Waals surface area (Å²) >= 11 is 0. The summed E-state index contributed by atoms with van der Waals surface area (Å²) in [5.74, 6) is 0. The lowest BCUT2D eigenvalue weighted by molar-refractivity contribution is -0.117. The fourth-order valence-electron chi connectivity index (χ4n) is 0.884. The van der Waals surface area contributed by atoms with Gasteiger partial charge in [0.25, 0.3) is 0 Å². The van der Waals surface area contributed by atoms with Crippen LogP contribution in [0.5, 0.6) is 0 Å². The van der Waals surface area contributed by atoms with Gasteiger partial charge in [0, 0.05) is 13.1 Å². The van der Waals surface area contributed by atoms with E-state index in [-0.39, 0.29) is 13.1 Å². The van der Waals surface area contributed by atoms with Gasteiger partial charge < -0.3 is 15.1 Å². The lowest BCUT2D eigenvalue weighted by Gasteiger charge is -2.03. The van der Waals surface area contributed by atoms with Gasteiger partial charge in [-0.3, -0.25) is 4.79 Å². The Bertz CT molecular complexity index is 107. The Hall–Kier alpha value is -0.610. The minimum atomic E-state index is -0.754. The van der Waals surface area contributed by atoms with E-state index in [9.17, 15) is 4.79 Å². The molecule has 0 aromatic heterocycles. The maximum absolute atomic E-state index is 10.0. The number of nitrogens with zero attached hydrogens (tertiary/aromatic N) is 1. The number of hydrogen-bond acceptors (Lipinski definition) is 3. The Labute approximate surface area is 52.7 Å². The summed E-state index contributed by atoms with van der Waals surface area (Å²) < 4.78 is 0. The summed E-state index contributed by atoms with van der Waals surface area (Å²) in [7, 11) is 0. The van der Waals surface area contributed by atoms with Crippen LogP contribution in [-0.2, 0) is 4.79 Å². The molecule has 0 aromatic carbocycles. The molecule has 52 valence electrons. The van der Waals surface area contributed by atoms with Crippen LogP contribution in [0.4, 0.5) is 0 Å². The highest BCUT2D eigenvalue weighted by atomic mass is 16.3. The molecule has 4 heteroatoms. The van der Waals surface area contributed by atoms with Crippen molar-refractivity contribution in [3.63, 3.8) is 0 Å². The normalized spacial score (nSPS) is 35.1. The third-order valence-electron chi connectivity index (χ3n) is 1.44. The zero-order valence-corrected chi connectivity index (χ0v) is 4.90. The molecule has 1 rings (SSSR count). The van der Waals surface area contributed by atoms with E-state index in [4.69, 9.17) is 10.2 Å². The minimum Gasteiger partial charge on any atom is -0.389 e. The number of carbonyl (C=O) groups excluding carboxylic acids is 1. The van der Waals surface area contributed by atoms with Gasteiger partial charge in [0.2, 0.25) is 6.41 Å². The molecule has 1 fully saturated rings. The average Bonchev–Trinajstić information content (AvgIpc) is 2.13. The number of hydrogen-bond donors (Lipinski definition) is 2. The number of aliphatic hydroxyl groups excluding tert-OH is 2. The smallest absolute Gasteiger partial charge is 0.209 e. The van der Waals surface area contributed by atoms with Crippen molar-refractivity contribution in [2.45, 2.75) is 12.2 Å². The van der Waals surface area contributed by atoms with Crippen molar-refractivity contribution < 1.29 is 15.0 Å². The second-order valence-electron chi connectivity index (χ2n) is 2.19. The van der Waals surface area contributed by atoms with Crippen molar-refractivity contribution in [2.75, 3.05) is 13.1 Å². The summed E-state index contributed by atoms with van der Waals surface area (Å²) in [4.78, 5) is 11.3. The van der Waals surface area contributed by atoms with Gasteiger partial charge >= 0.3 is 0 Å². The van der Waals surface area contributed by atoms with Crippen molar-refractivity contribution in [1.29, 1.82) is 0 Å². The van der Waals surface area contributed by atoms with E-state index in [1.165, 1.54) is 4.90 Å². The number of likely N-dealkylation sites (tertiary alicyclic amines) is 1. The van der Waals surface area contributed by atoms with Crippen LogP contribution < -0.4 is 0 Å². The van der Waals surface area contributed by atoms with E-state index >= 15 is 0 Å². The molecule has 0 aromatic rings. The third kappa shape index (κ3) is 1.20. The molecule has 2 atom stereocenters. The van der Waals surface area contributed by atoms with Crippen LogP contribution in [0, 0.1) is 0 Å². The van der Waals surface area contributed by atoms with E-state index in [0.29, 0.717) is 6.41 Å². The molecule has 1 saturated heterocycles. The first-order valence-corrected chi connectivity index (χ1v) is 2.79. The van der Waals surface area contributed by atoms with E-state index < -0.39 is 12.2 Å². The third-order valence-corrected chi connectivity index (χ3v) is 1.44. The zero-order valence-electron chi connectivity index (χ0n) is 4.90. The molecule has 1 aliphatic heterocycles. The topological polar surface area (TPSA) is 60.8 Å². The second-order valence-corrected chi connectivity index (χ2v) is 2.19. The van der Waals surface area contributed by atoms with Crippen molar-refractivity contribution in [3.05, 3.63) is 0 Å². The number of amides is 1. The van der Waals surface area contributed by atoms with Crippen molar-refractivity contribution in [2.24, 2.45) is 0 Å². The van der Waals surface area contributed by atoms with Gasteiger partial charge in [-0.15, -0.1) is 0 Å². The molecule has 0 aliphatic carbocycles. The fraction of sp³-hybridized carbons (Fsp3) is 0.800. The van der Waals surface area contributed by atoms with E-state index in [1.807, 2.05) is 0 Å².